The van der Waals surface area contributed by atoms with Crippen molar-refractivity contribution >= 4 is 23.3 Å². The number of halogens is 2. The molecule has 3 aromatic rings. The third kappa shape index (κ3) is 5.91. The number of hydrogen-bond donors (Lipinski definition) is 0. The fourth-order valence-corrected chi connectivity index (χ4v) is 7.84. The Hall–Kier alpha value is -3.80. The van der Waals surface area contributed by atoms with E-state index in [2.05, 4.69) is 19.6 Å². The highest BCUT2D eigenvalue weighted by atomic mass is 19.3. The second-order valence-electron chi connectivity index (χ2n) is 13.4. The highest BCUT2D eigenvalue weighted by Gasteiger charge is 2.35. The summed E-state index contributed by atoms with van der Waals surface area (Å²) < 4.78 is 32.9. The highest BCUT2D eigenvalue weighted by Crippen LogP contribution is 2.43. The molecule has 2 aromatic heterocycles. The summed E-state index contributed by atoms with van der Waals surface area (Å²) in [4.78, 5) is 33.9. The molecule has 0 aliphatic carbocycles. The molecule has 2 fully saturated rings. The van der Waals surface area contributed by atoms with Crippen LogP contribution in [0.1, 0.15) is 80.3 Å². The van der Waals surface area contributed by atoms with E-state index in [0.29, 0.717) is 56.8 Å². The average molecular weight is 635 g/mol. The van der Waals surface area contributed by atoms with Crippen molar-refractivity contribution in [3.05, 3.63) is 46.9 Å². The van der Waals surface area contributed by atoms with Crippen LogP contribution in [-0.2, 0) is 36.0 Å². The predicted molar refractivity (Wildman–Crippen MR) is 171 cm³/mol. The molecule has 0 bridgehead atoms. The summed E-state index contributed by atoms with van der Waals surface area (Å²) in [6.45, 7) is 7.24. The third-order valence-electron chi connectivity index (χ3n) is 10.4. The van der Waals surface area contributed by atoms with Crippen LogP contribution in [0.4, 0.5) is 20.3 Å². The number of anilines is 2. The second kappa shape index (κ2) is 12.8. The molecule has 0 N–H and O–H groups in total. The molecule has 0 radical (unpaired) electrons. The van der Waals surface area contributed by atoms with E-state index in [1.54, 1.807) is 37.1 Å². The predicted octanol–water partition coefficient (Wildman–Crippen LogP) is 4.86. The van der Waals surface area contributed by atoms with Crippen molar-refractivity contribution in [2.75, 3.05) is 50.7 Å². The number of carbonyl (C=O) groups excluding carboxylic acids is 2. The maximum atomic E-state index is 14.6. The molecule has 4 aliphatic heterocycles. The molecule has 10 nitrogen and oxygen atoms in total. The Kier molecular flexibility index (Phi) is 8.56. The van der Waals surface area contributed by atoms with Gasteiger partial charge in [-0.25, -0.2) is 8.78 Å². The summed E-state index contributed by atoms with van der Waals surface area (Å²) in [5.41, 5.74) is 5.08. The van der Waals surface area contributed by atoms with Gasteiger partial charge < -0.3 is 14.7 Å². The SMILES string of the molecule is CC(=O)N1CCc2c(c(N3CCCc4cc(-c5cnn(C)c5)c(C(F)F)cc43)nn2C2CCN(C(=O)CN3CCCCC3)CC2)C1. The fraction of sp³-hybridized carbons (Fsp3) is 0.588. The van der Waals surface area contributed by atoms with E-state index in [4.69, 9.17) is 5.10 Å². The van der Waals surface area contributed by atoms with Gasteiger partial charge in [0, 0.05) is 80.8 Å². The molecule has 0 spiro atoms. The summed E-state index contributed by atoms with van der Waals surface area (Å²) in [6, 6.07) is 3.69. The Labute approximate surface area is 268 Å². The van der Waals surface area contributed by atoms with Crippen molar-refractivity contribution in [2.45, 2.75) is 77.3 Å². The maximum Gasteiger partial charge on any atom is 0.264 e. The van der Waals surface area contributed by atoms with Crippen molar-refractivity contribution in [2.24, 2.45) is 7.05 Å². The van der Waals surface area contributed by atoms with Crippen LogP contribution in [0.3, 0.4) is 0 Å². The number of aromatic nitrogens is 4. The number of amides is 2. The average Bonchev–Trinajstić information content (AvgIpc) is 3.67. The lowest BCUT2D eigenvalue weighted by Gasteiger charge is -2.35. The molecule has 2 amide bonds. The van der Waals surface area contributed by atoms with E-state index in [9.17, 15) is 18.4 Å². The second-order valence-corrected chi connectivity index (χ2v) is 13.4. The number of benzene rings is 1. The van der Waals surface area contributed by atoms with E-state index in [0.717, 1.165) is 67.1 Å². The van der Waals surface area contributed by atoms with Crippen LogP contribution >= 0.6 is 0 Å². The van der Waals surface area contributed by atoms with Crippen LogP contribution in [0, 0.1) is 0 Å². The van der Waals surface area contributed by atoms with Crippen molar-refractivity contribution in [3.8, 4) is 11.1 Å². The summed E-state index contributed by atoms with van der Waals surface area (Å²) >= 11 is 0. The first-order chi connectivity index (χ1) is 22.3. The van der Waals surface area contributed by atoms with Crippen LogP contribution in [-0.4, -0.2) is 91.9 Å². The minimum Gasteiger partial charge on any atom is -0.341 e. The van der Waals surface area contributed by atoms with Gasteiger partial charge in [0.25, 0.3) is 6.43 Å². The van der Waals surface area contributed by atoms with Gasteiger partial charge in [-0.2, -0.15) is 10.2 Å². The summed E-state index contributed by atoms with van der Waals surface area (Å²) in [5.74, 6) is 0.996. The molecule has 1 aromatic carbocycles. The van der Waals surface area contributed by atoms with Gasteiger partial charge in [0.05, 0.1) is 25.3 Å². The zero-order valence-corrected chi connectivity index (χ0v) is 26.9. The van der Waals surface area contributed by atoms with Crippen molar-refractivity contribution in [1.29, 1.82) is 0 Å². The van der Waals surface area contributed by atoms with Gasteiger partial charge >= 0.3 is 0 Å². The lowest BCUT2D eigenvalue weighted by Crippen LogP contribution is -2.45. The number of likely N-dealkylation sites (tertiary alicyclic amines) is 2. The Bertz CT molecular complexity index is 1600. The number of nitrogens with zero attached hydrogens (tertiary/aromatic N) is 8. The van der Waals surface area contributed by atoms with E-state index < -0.39 is 6.43 Å². The van der Waals surface area contributed by atoms with Crippen molar-refractivity contribution < 1.29 is 18.4 Å². The Morgan fingerprint density at radius 3 is 2.43 bits per heavy atom. The van der Waals surface area contributed by atoms with Gasteiger partial charge in [0.1, 0.15) is 0 Å². The van der Waals surface area contributed by atoms with E-state index in [1.165, 1.54) is 19.3 Å². The Balaban J connectivity index is 1.19. The number of alkyl halides is 2. The first-order valence-corrected chi connectivity index (χ1v) is 16.8. The lowest BCUT2D eigenvalue weighted by atomic mass is 9.92. The van der Waals surface area contributed by atoms with Crippen LogP contribution in [0.15, 0.2) is 24.5 Å². The van der Waals surface area contributed by atoms with Gasteiger partial charge in [-0.15, -0.1) is 0 Å². The number of carbonyl (C=O) groups is 2. The van der Waals surface area contributed by atoms with Crippen LogP contribution in [0.5, 0.6) is 0 Å². The van der Waals surface area contributed by atoms with Gasteiger partial charge in [0.2, 0.25) is 11.8 Å². The molecular weight excluding hydrogens is 590 g/mol. The van der Waals surface area contributed by atoms with Crippen LogP contribution in [0.2, 0.25) is 0 Å². The zero-order chi connectivity index (χ0) is 31.9. The van der Waals surface area contributed by atoms with Gasteiger partial charge in [-0.1, -0.05) is 6.42 Å². The number of rotatable bonds is 6. The van der Waals surface area contributed by atoms with Gasteiger partial charge in [0.15, 0.2) is 5.82 Å². The number of hydrogen-bond acceptors (Lipinski definition) is 6. The molecule has 0 unspecified atom stereocenters. The molecular formula is C34H44F2N8O2. The number of piperidine rings is 2. The number of aryl methyl sites for hydroxylation is 2. The minimum atomic E-state index is -2.65. The molecule has 246 valence electrons. The largest absolute Gasteiger partial charge is 0.341 e. The summed E-state index contributed by atoms with van der Waals surface area (Å²) in [6.07, 6.45) is 8.32. The molecule has 4 aliphatic rings. The van der Waals surface area contributed by atoms with E-state index in [-0.39, 0.29) is 23.4 Å². The summed E-state index contributed by atoms with van der Waals surface area (Å²) in [5, 5.41) is 9.46. The first kappa shape index (κ1) is 30.8. The van der Waals surface area contributed by atoms with Crippen molar-refractivity contribution in [3.63, 3.8) is 0 Å². The fourth-order valence-electron chi connectivity index (χ4n) is 7.84. The maximum absolute atomic E-state index is 14.6. The molecule has 2 saturated heterocycles. The van der Waals surface area contributed by atoms with Crippen LogP contribution in [0.25, 0.3) is 11.1 Å². The smallest absolute Gasteiger partial charge is 0.264 e. The Morgan fingerprint density at radius 1 is 0.957 bits per heavy atom. The summed E-state index contributed by atoms with van der Waals surface area (Å²) in [7, 11) is 1.78. The van der Waals surface area contributed by atoms with E-state index in [1.807, 2.05) is 15.9 Å². The third-order valence-corrected chi connectivity index (χ3v) is 10.4. The Morgan fingerprint density at radius 2 is 1.74 bits per heavy atom. The van der Waals surface area contributed by atoms with Crippen molar-refractivity contribution in [1.82, 2.24) is 34.3 Å². The monoisotopic (exact) mass is 634 g/mol. The molecule has 0 saturated carbocycles. The van der Waals surface area contributed by atoms with E-state index >= 15 is 0 Å². The zero-order valence-electron chi connectivity index (χ0n) is 26.9. The molecule has 7 rings (SSSR count). The van der Waals surface area contributed by atoms with Crippen LogP contribution < -0.4 is 4.90 Å². The lowest BCUT2D eigenvalue weighted by molar-refractivity contribution is -0.134. The minimum absolute atomic E-state index is 0.0149. The number of fused-ring (bicyclic) bond motifs is 2. The molecule has 12 heteroatoms. The topological polar surface area (TPSA) is 82.7 Å². The standard InChI is InChI=1S/C34H44F2N8O2/c1-23(45)42-16-10-30-29(21-42)34(38-44(30)26-8-14-41(15-9-26)32(46)22-40-11-4-3-5-12-40)43-13-6-7-24-17-27(25-19-37-39(2)20-25)28(33(35)36)18-31(24)43/h17-20,26,33H,3-16,21-22H2,1-2H3. The first-order valence-electron chi connectivity index (χ1n) is 16.8. The highest BCUT2D eigenvalue weighted by molar-refractivity contribution is 5.79. The normalized spacial score (nSPS) is 19.5. The molecule has 6 heterocycles. The van der Waals surface area contributed by atoms with Gasteiger partial charge in [-0.05, 0) is 74.9 Å². The molecule has 46 heavy (non-hydrogen) atoms. The van der Waals surface area contributed by atoms with Gasteiger partial charge in [-0.3, -0.25) is 23.9 Å². The quantitative estimate of drug-likeness (QED) is 0.386. The molecule has 0 atom stereocenters.